The third-order valence-electron chi connectivity index (χ3n) is 5.09. The molecule has 0 aliphatic carbocycles. The number of aromatic amines is 1. The average Bonchev–Trinajstić information content (AvgIpc) is 3.13. The van der Waals surface area contributed by atoms with Gasteiger partial charge in [-0.25, -0.2) is 0 Å². The van der Waals surface area contributed by atoms with Crippen LogP contribution in [0.2, 0.25) is 0 Å². The molecule has 1 aromatic heterocycles. The van der Waals surface area contributed by atoms with Gasteiger partial charge < -0.3 is 15.4 Å². The molecule has 4 nitrogen and oxygen atoms in total. The number of thioether (sulfide) groups is 1. The summed E-state index contributed by atoms with van der Waals surface area (Å²) in [5.74, 6) is 1.58. The number of phenols is 1. The molecule has 0 spiro atoms. The van der Waals surface area contributed by atoms with E-state index < -0.39 is 0 Å². The number of aromatic hydroxyl groups is 1. The number of rotatable bonds is 4. The Bertz CT molecular complexity index is 1020. The number of hydrogen-bond acceptors (Lipinski definition) is 4. The van der Waals surface area contributed by atoms with Gasteiger partial charge in [-0.3, -0.25) is 4.79 Å². The van der Waals surface area contributed by atoms with Crippen molar-refractivity contribution in [2.45, 2.75) is 24.2 Å². The Labute approximate surface area is 156 Å². The highest BCUT2D eigenvalue weighted by Crippen LogP contribution is 2.42. The zero-order valence-electron chi connectivity index (χ0n) is 14.9. The fraction of sp³-hybridized carbons (Fsp3) is 0.286. The Kier molecular flexibility index (Phi) is 4.51. The van der Waals surface area contributed by atoms with E-state index >= 15 is 0 Å². The van der Waals surface area contributed by atoms with Crippen molar-refractivity contribution in [2.75, 3.05) is 19.3 Å². The Balaban J connectivity index is 1.90. The normalized spacial score (nSPS) is 14.5. The average molecular weight is 366 g/mol. The molecular weight excluding hydrogens is 344 g/mol. The number of benzene rings is 2. The summed E-state index contributed by atoms with van der Waals surface area (Å²) in [6, 6.07) is 11.8. The number of pyridine rings is 1. The minimum atomic E-state index is -0.0251. The van der Waals surface area contributed by atoms with Crippen molar-refractivity contribution in [2.24, 2.45) is 0 Å². The van der Waals surface area contributed by atoms with Crippen LogP contribution in [0.5, 0.6) is 5.75 Å². The van der Waals surface area contributed by atoms with Crippen LogP contribution in [0.4, 0.5) is 0 Å². The van der Waals surface area contributed by atoms with Gasteiger partial charge in [0.25, 0.3) is 5.56 Å². The van der Waals surface area contributed by atoms with Crippen LogP contribution in [0.1, 0.15) is 24.0 Å². The highest BCUT2D eigenvalue weighted by molar-refractivity contribution is 7.99. The van der Waals surface area contributed by atoms with Gasteiger partial charge in [0.1, 0.15) is 5.75 Å². The smallest absolute Gasteiger partial charge is 0.262 e. The number of likely N-dealkylation sites (N-methyl/N-ethyl adjacent to an activating group) is 1. The highest BCUT2D eigenvalue weighted by Gasteiger charge is 2.22. The van der Waals surface area contributed by atoms with Crippen molar-refractivity contribution < 1.29 is 5.11 Å². The molecule has 0 fully saturated rings. The topological polar surface area (TPSA) is 65.1 Å². The van der Waals surface area contributed by atoms with Gasteiger partial charge in [0.05, 0.1) is 4.90 Å². The number of H-pyrrole nitrogens is 1. The third kappa shape index (κ3) is 2.81. The zero-order chi connectivity index (χ0) is 18.3. The summed E-state index contributed by atoms with van der Waals surface area (Å²) in [6.07, 6.45) is 0.855. The number of hydrogen-bond donors (Lipinski definition) is 3. The molecule has 5 heteroatoms. The Morgan fingerprint density at radius 2 is 2.00 bits per heavy atom. The summed E-state index contributed by atoms with van der Waals surface area (Å²) in [7, 11) is 1.96. The van der Waals surface area contributed by atoms with Crippen LogP contribution >= 0.6 is 11.8 Å². The molecule has 4 rings (SSSR count). The van der Waals surface area contributed by atoms with Gasteiger partial charge >= 0.3 is 0 Å². The van der Waals surface area contributed by atoms with E-state index in [9.17, 15) is 9.90 Å². The largest absolute Gasteiger partial charge is 0.507 e. The maximum Gasteiger partial charge on any atom is 0.262 e. The third-order valence-corrected chi connectivity index (χ3v) is 6.22. The fourth-order valence-electron chi connectivity index (χ4n) is 3.78. The maximum atomic E-state index is 12.3. The van der Waals surface area contributed by atoms with Crippen LogP contribution < -0.4 is 10.9 Å². The van der Waals surface area contributed by atoms with Crippen LogP contribution in [-0.2, 0) is 6.42 Å². The maximum absolute atomic E-state index is 12.3. The zero-order valence-corrected chi connectivity index (χ0v) is 15.7. The first-order valence-corrected chi connectivity index (χ1v) is 9.87. The molecular formula is C21H22N2O2S. The molecule has 134 valence electrons. The lowest BCUT2D eigenvalue weighted by Crippen LogP contribution is -2.14. The molecule has 0 radical (unpaired) electrons. The molecule has 1 aliphatic heterocycles. The van der Waals surface area contributed by atoms with Gasteiger partial charge in [-0.05, 0) is 48.2 Å². The summed E-state index contributed by atoms with van der Waals surface area (Å²) in [5.41, 5.74) is 4.87. The standard InChI is InChI=1S/C21H22N2O2S/c1-12(11-22-2)13-3-5-14(6-4-13)18-17(24)8-7-16-19(18)15-9-10-26-20(15)21(25)23-16/h3-8,12,22,24H,9-11H2,1-2H3,(H,23,25)/t12-/m1/s1. The van der Waals surface area contributed by atoms with E-state index in [-0.39, 0.29) is 11.3 Å². The van der Waals surface area contributed by atoms with Crippen LogP contribution in [0.25, 0.3) is 22.0 Å². The highest BCUT2D eigenvalue weighted by atomic mass is 32.2. The molecule has 0 saturated carbocycles. The van der Waals surface area contributed by atoms with Crippen LogP contribution in [0.3, 0.4) is 0 Å². The van der Waals surface area contributed by atoms with E-state index in [0.29, 0.717) is 5.92 Å². The molecule has 1 atom stereocenters. The molecule has 0 unspecified atom stereocenters. The van der Waals surface area contributed by atoms with E-state index in [2.05, 4.69) is 41.5 Å². The first-order chi connectivity index (χ1) is 12.6. The van der Waals surface area contributed by atoms with Crippen molar-refractivity contribution in [3.63, 3.8) is 0 Å². The van der Waals surface area contributed by atoms with Crippen LogP contribution in [-0.4, -0.2) is 29.4 Å². The van der Waals surface area contributed by atoms with Gasteiger partial charge in [0.2, 0.25) is 0 Å². The van der Waals surface area contributed by atoms with Crippen molar-refractivity contribution in [1.82, 2.24) is 10.3 Å². The second-order valence-electron chi connectivity index (χ2n) is 6.82. The van der Waals surface area contributed by atoms with Crippen LogP contribution in [0.15, 0.2) is 46.1 Å². The minimum absolute atomic E-state index is 0.0251. The first kappa shape index (κ1) is 17.2. The molecule has 2 heterocycles. The number of phenolic OH excluding ortho intramolecular Hbond substituents is 1. The van der Waals surface area contributed by atoms with E-state index in [1.807, 2.05) is 7.05 Å². The lowest BCUT2D eigenvalue weighted by atomic mass is 9.93. The first-order valence-electron chi connectivity index (χ1n) is 8.88. The van der Waals surface area contributed by atoms with E-state index in [4.69, 9.17) is 0 Å². The lowest BCUT2D eigenvalue weighted by Gasteiger charge is -2.15. The van der Waals surface area contributed by atoms with Gasteiger partial charge in [-0.1, -0.05) is 31.2 Å². The van der Waals surface area contributed by atoms with E-state index in [0.717, 1.165) is 51.2 Å². The summed E-state index contributed by atoms with van der Waals surface area (Å²) in [5, 5.41) is 14.8. The number of nitrogens with one attached hydrogen (secondary N) is 2. The summed E-state index contributed by atoms with van der Waals surface area (Å²) >= 11 is 1.60. The van der Waals surface area contributed by atoms with Gasteiger partial charge in [0.15, 0.2) is 0 Å². The molecule has 0 bridgehead atoms. The molecule has 26 heavy (non-hydrogen) atoms. The molecule has 1 aliphatic rings. The summed E-state index contributed by atoms with van der Waals surface area (Å²) in [6.45, 7) is 3.11. The predicted molar refractivity (Wildman–Crippen MR) is 108 cm³/mol. The van der Waals surface area contributed by atoms with Gasteiger partial charge in [0, 0.05) is 28.8 Å². The summed E-state index contributed by atoms with van der Waals surface area (Å²) < 4.78 is 0. The number of fused-ring (bicyclic) bond motifs is 3. The molecule has 3 N–H and O–H groups in total. The van der Waals surface area contributed by atoms with Crippen LogP contribution in [0, 0.1) is 0 Å². The van der Waals surface area contributed by atoms with Crippen molar-refractivity contribution in [3.05, 3.63) is 57.9 Å². The second-order valence-corrected chi connectivity index (χ2v) is 7.93. The van der Waals surface area contributed by atoms with Gasteiger partial charge in [-0.2, -0.15) is 0 Å². The predicted octanol–water partition coefficient (Wildman–Crippen LogP) is 3.87. The quantitative estimate of drug-likeness (QED) is 0.656. The second kappa shape index (κ2) is 6.82. The van der Waals surface area contributed by atoms with Gasteiger partial charge in [-0.15, -0.1) is 11.8 Å². The summed E-state index contributed by atoms with van der Waals surface area (Å²) in [4.78, 5) is 16.1. The number of aryl methyl sites for hydroxylation is 1. The fourth-order valence-corrected chi connectivity index (χ4v) is 4.85. The van der Waals surface area contributed by atoms with Crippen molar-refractivity contribution >= 4 is 22.7 Å². The Morgan fingerprint density at radius 1 is 1.23 bits per heavy atom. The van der Waals surface area contributed by atoms with Crippen molar-refractivity contribution in [1.29, 1.82) is 0 Å². The Morgan fingerprint density at radius 3 is 2.73 bits per heavy atom. The van der Waals surface area contributed by atoms with E-state index in [1.54, 1.807) is 23.9 Å². The van der Waals surface area contributed by atoms with Crippen molar-refractivity contribution in [3.8, 4) is 16.9 Å². The lowest BCUT2D eigenvalue weighted by molar-refractivity contribution is 0.478. The van der Waals surface area contributed by atoms with E-state index in [1.165, 1.54) is 5.56 Å². The molecule has 2 aromatic carbocycles. The minimum Gasteiger partial charge on any atom is -0.507 e. The number of aromatic nitrogens is 1. The molecule has 0 amide bonds. The molecule has 0 saturated heterocycles. The SMILES string of the molecule is CNC[C@@H](C)c1ccc(-c2c(O)ccc3[nH]c(=O)c4c(c23)CCS4)cc1. The Hall–Kier alpha value is -2.24. The molecule has 3 aromatic rings. The monoisotopic (exact) mass is 366 g/mol.